The Hall–Kier alpha value is -3.76. The van der Waals surface area contributed by atoms with Crippen LogP contribution in [0.2, 0.25) is 0 Å². The standard InChI is InChI=1S/C25H31N9O/c1-18-25(26)32-23(14-29-18)22-13-28-17-27-8-2-3-24(31-22)30-19-4-6-20(7-5-19)33-9-11-34(12-10-33)21-15-35-16-21/h2,4-8,13-14,17,21H,3,9-12,15-16H2,1H3,(H2,26,32)(H,27,28)(H,30,31)/b8-2-,22-13-. The normalized spacial score (nSPS) is 24.2. The van der Waals surface area contributed by atoms with E-state index in [-0.39, 0.29) is 0 Å². The third kappa shape index (κ3) is 5.67. The fraction of sp³-hybridized carbons (Fsp3) is 0.360. The number of aryl methyl sites for hydroxylation is 1. The molecule has 0 bridgehead atoms. The van der Waals surface area contributed by atoms with Gasteiger partial charge in [-0.25, -0.2) is 15.0 Å². The summed E-state index contributed by atoms with van der Waals surface area (Å²) < 4.78 is 5.34. The van der Waals surface area contributed by atoms with Crippen molar-refractivity contribution >= 4 is 35.1 Å². The maximum Gasteiger partial charge on any atom is 0.145 e. The third-order valence-corrected chi connectivity index (χ3v) is 6.35. The number of benzene rings is 1. The first-order chi connectivity index (χ1) is 17.2. The highest BCUT2D eigenvalue weighted by molar-refractivity contribution is 5.99. The number of nitrogen functional groups attached to an aromatic ring is 1. The van der Waals surface area contributed by atoms with Crippen LogP contribution in [0, 0.1) is 6.92 Å². The van der Waals surface area contributed by atoms with Gasteiger partial charge in [0.1, 0.15) is 23.0 Å². The van der Waals surface area contributed by atoms with Gasteiger partial charge in [-0.05, 0) is 31.2 Å². The molecule has 1 aromatic heterocycles. The summed E-state index contributed by atoms with van der Waals surface area (Å²) in [5.74, 6) is 1.15. The Bertz CT molecular complexity index is 1140. The summed E-state index contributed by atoms with van der Waals surface area (Å²) in [4.78, 5) is 22.8. The fourth-order valence-electron chi connectivity index (χ4n) is 4.15. The molecule has 0 radical (unpaired) electrons. The Morgan fingerprint density at radius 2 is 1.91 bits per heavy atom. The molecule has 10 nitrogen and oxygen atoms in total. The minimum Gasteiger partial charge on any atom is -0.382 e. The molecule has 1 aromatic carbocycles. The second kappa shape index (κ2) is 10.7. The molecule has 0 spiro atoms. The van der Waals surface area contributed by atoms with Crippen LogP contribution >= 0.6 is 0 Å². The lowest BCUT2D eigenvalue weighted by molar-refractivity contribution is -0.0660. The number of piperazine rings is 1. The number of aromatic nitrogens is 2. The van der Waals surface area contributed by atoms with E-state index in [0.29, 0.717) is 35.4 Å². The number of aliphatic imine (C=N–C) groups is 2. The summed E-state index contributed by atoms with van der Waals surface area (Å²) in [7, 11) is 0. The largest absolute Gasteiger partial charge is 0.382 e. The monoisotopic (exact) mass is 473 g/mol. The quantitative estimate of drug-likeness (QED) is 0.619. The van der Waals surface area contributed by atoms with Crippen molar-refractivity contribution in [2.75, 3.05) is 55.3 Å². The molecular weight excluding hydrogens is 442 g/mol. The van der Waals surface area contributed by atoms with Crippen molar-refractivity contribution in [1.29, 1.82) is 0 Å². The van der Waals surface area contributed by atoms with Gasteiger partial charge in [0.15, 0.2) is 0 Å². The summed E-state index contributed by atoms with van der Waals surface area (Å²) in [6, 6.07) is 9.12. The van der Waals surface area contributed by atoms with Gasteiger partial charge in [-0.1, -0.05) is 6.08 Å². The lowest BCUT2D eigenvalue weighted by Crippen LogP contribution is -2.56. The zero-order chi connectivity index (χ0) is 24.0. The van der Waals surface area contributed by atoms with Gasteiger partial charge < -0.3 is 26.0 Å². The van der Waals surface area contributed by atoms with E-state index in [1.54, 1.807) is 24.9 Å². The Morgan fingerprint density at radius 3 is 2.63 bits per heavy atom. The summed E-state index contributed by atoms with van der Waals surface area (Å²) in [6.07, 6.45) is 9.27. The van der Waals surface area contributed by atoms with Crippen LogP contribution < -0.4 is 21.3 Å². The molecule has 3 aliphatic heterocycles. The molecule has 0 unspecified atom stereocenters. The first-order valence-corrected chi connectivity index (χ1v) is 11.9. The number of nitrogens with one attached hydrogen (secondary N) is 2. The molecule has 35 heavy (non-hydrogen) atoms. The van der Waals surface area contributed by atoms with E-state index in [1.807, 2.05) is 13.0 Å². The molecule has 0 saturated carbocycles. The molecule has 4 heterocycles. The topological polar surface area (TPSA) is 116 Å². The average molecular weight is 474 g/mol. The second-order valence-corrected chi connectivity index (χ2v) is 8.73. The average Bonchev–Trinajstić information content (AvgIpc) is 2.84. The van der Waals surface area contributed by atoms with Crippen LogP contribution in [0.25, 0.3) is 5.70 Å². The van der Waals surface area contributed by atoms with E-state index in [1.165, 1.54) is 5.69 Å². The number of rotatable bonds is 4. The molecule has 4 N–H and O–H groups in total. The maximum absolute atomic E-state index is 5.98. The predicted octanol–water partition coefficient (Wildman–Crippen LogP) is 2.23. The Balaban J connectivity index is 1.29. The predicted molar refractivity (Wildman–Crippen MR) is 140 cm³/mol. The molecule has 5 rings (SSSR count). The number of anilines is 3. The highest BCUT2D eigenvalue weighted by Crippen LogP contribution is 2.22. The van der Waals surface area contributed by atoms with Gasteiger partial charge in [-0.15, -0.1) is 0 Å². The molecule has 2 aromatic rings. The van der Waals surface area contributed by atoms with Crippen molar-refractivity contribution in [1.82, 2.24) is 20.2 Å². The van der Waals surface area contributed by atoms with Crippen LogP contribution in [0.1, 0.15) is 17.8 Å². The van der Waals surface area contributed by atoms with E-state index in [2.05, 4.69) is 59.7 Å². The fourth-order valence-corrected chi connectivity index (χ4v) is 4.15. The van der Waals surface area contributed by atoms with Crippen LogP contribution in [-0.2, 0) is 4.74 Å². The number of hydrogen-bond acceptors (Lipinski definition) is 10. The maximum atomic E-state index is 5.98. The van der Waals surface area contributed by atoms with Gasteiger partial charge in [-0.2, -0.15) is 0 Å². The van der Waals surface area contributed by atoms with E-state index in [4.69, 9.17) is 15.5 Å². The number of amidine groups is 1. The van der Waals surface area contributed by atoms with Crippen LogP contribution in [0.5, 0.6) is 0 Å². The zero-order valence-corrected chi connectivity index (χ0v) is 19.9. The lowest BCUT2D eigenvalue weighted by Gasteiger charge is -2.43. The van der Waals surface area contributed by atoms with Crippen molar-refractivity contribution in [3.63, 3.8) is 0 Å². The summed E-state index contributed by atoms with van der Waals surface area (Å²) in [5.41, 5.74) is 10.1. The third-order valence-electron chi connectivity index (χ3n) is 6.35. The van der Waals surface area contributed by atoms with E-state index in [9.17, 15) is 0 Å². The summed E-state index contributed by atoms with van der Waals surface area (Å²) >= 11 is 0. The van der Waals surface area contributed by atoms with Gasteiger partial charge in [-0.3, -0.25) is 9.88 Å². The summed E-state index contributed by atoms with van der Waals surface area (Å²) in [6.45, 7) is 7.80. The SMILES string of the molecule is Cc1ncc(C2=C/N/C=N\C=C/C/C(Nc3ccc(N4CCN(C5COC5)CC4)cc3)=N\2)nc1N. The second-order valence-electron chi connectivity index (χ2n) is 8.73. The van der Waals surface area contributed by atoms with Gasteiger partial charge >= 0.3 is 0 Å². The molecule has 2 saturated heterocycles. The van der Waals surface area contributed by atoms with Crippen molar-refractivity contribution < 1.29 is 4.74 Å². The van der Waals surface area contributed by atoms with E-state index in [0.717, 1.165) is 50.9 Å². The molecule has 2 fully saturated rings. The van der Waals surface area contributed by atoms with Crippen molar-refractivity contribution in [3.8, 4) is 0 Å². The molecule has 10 heteroatoms. The molecule has 0 aliphatic carbocycles. The number of nitrogens with two attached hydrogens (primary N) is 1. The first kappa shape index (κ1) is 23.0. The van der Waals surface area contributed by atoms with E-state index >= 15 is 0 Å². The Kier molecular flexibility index (Phi) is 7.01. The molecular formula is C25H31N9O. The Morgan fingerprint density at radius 1 is 1.11 bits per heavy atom. The van der Waals surface area contributed by atoms with E-state index < -0.39 is 0 Å². The Labute approximate surface area is 205 Å². The van der Waals surface area contributed by atoms with Gasteiger partial charge in [0.2, 0.25) is 0 Å². The van der Waals surface area contributed by atoms with Crippen LogP contribution in [-0.4, -0.2) is 72.5 Å². The van der Waals surface area contributed by atoms with Crippen LogP contribution in [0.15, 0.2) is 58.9 Å². The van der Waals surface area contributed by atoms with Crippen molar-refractivity contribution in [2.45, 2.75) is 19.4 Å². The summed E-state index contributed by atoms with van der Waals surface area (Å²) in [5, 5.41) is 6.47. The smallest absolute Gasteiger partial charge is 0.145 e. The van der Waals surface area contributed by atoms with Crippen LogP contribution in [0.4, 0.5) is 17.2 Å². The minimum absolute atomic E-state index is 0.385. The highest BCUT2D eigenvalue weighted by Gasteiger charge is 2.28. The van der Waals surface area contributed by atoms with Gasteiger partial charge in [0.05, 0.1) is 37.5 Å². The van der Waals surface area contributed by atoms with Crippen LogP contribution in [0.3, 0.4) is 0 Å². The van der Waals surface area contributed by atoms with Crippen molar-refractivity contribution in [2.24, 2.45) is 9.98 Å². The zero-order valence-electron chi connectivity index (χ0n) is 19.9. The number of hydrogen-bond donors (Lipinski definition) is 3. The molecule has 3 aliphatic rings. The lowest BCUT2D eigenvalue weighted by atomic mass is 10.1. The van der Waals surface area contributed by atoms with Gasteiger partial charge in [0.25, 0.3) is 0 Å². The van der Waals surface area contributed by atoms with Gasteiger partial charge in [0, 0.05) is 56.4 Å². The molecule has 0 atom stereocenters. The first-order valence-electron chi connectivity index (χ1n) is 11.9. The molecule has 182 valence electrons. The van der Waals surface area contributed by atoms with Crippen molar-refractivity contribution in [3.05, 3.63) is 60.3 Å². The number of ether oxygens (including phenoxy) is 1. The highest BCUT2D eigenvalue weighted by atomic mass is 16.5. The minimum atomic E-state index is 0.385. The molecule has 0 amide bonds. The number of nitrogens with zero attached hydrogens (tertiary/aromatic N) is 6.